The number of rotatable bonds is 4. The minimum absolute atomic E-state index is 0.0196. The van der Waals surface area contributed by atoms with Crippen molar-refractivity contribution in [2.45, 2.75) is 12.6 Å². The van der Waals surface area contributed by atoms with Gasteiger partial charge in [-0.25, -0.2) is 5.43 Å². The average Bonchev–Trinajstić information content (AvgIpc) is 3.16. The van der Waals surface area contributed by atoms with Gasteiger partial charge in [0.25, 0.3) is 0 Å². The number of nitrogens with one attached hydrogen (secondary N) is 3. The highest BCUT2D eigenvalue weighted by Gasteiger charge is 2.33. The molecule has 3 rings (SSSR count). The van der Waals surface area contributed by atoms with Crippen molar-refractivity contribution in [3.63, 3.8) is 0 Å². The fraction of sp³-hybridized carbons (Fsp3) is 0.267. The molecule has 2 unspecified atom stereocenters. The summed E-state index contributed by atoms with van der Waals surface area (Å²) in [6.45, 7) is 0.964. The first kappa shape index (κ1) is 14.1. The van der Waals surface area contributed by atoms with Crippen molar-refractivity contribution in [3.8, 4) is 0 Å². The quantitative estimate of drug-likeness (QED) is 0.808. The van der Waals surface area contributed by atoms with Crippen molar-refractivity contribution in [2.75, 3.05) is 6.54 Å². The molecule has 0 radical (unpaired) electrons. The van der Waals surface area contributed by atoms with Gasteiger partial charge in [0.05, 0.1) is 24.8 Å². The summed E-state index contributed by atoms with van der Waals surface area (Å²) in [5, 5.41) is 3.56. The highest BCUT2D eigenvalue weighted by molar-refractivity contribution is 6.30. The van der Waals surface area contributed by atoms with Crippen LogP contribution in [-0.4, -0.2) is 12.5 Å². The molecule has 2 heterocycles. The van der Waals surface area contributed by atoms with Gasteiger partial charge >= 0.3 is 0 Å². The van der Waals surface area contributed by atoms with E-state index in [-0.39, 0.29) is 17.9 Å². The molecular weight excluding hydrogens is 290 g/mol. The Bertz CT molecular complexity index is 615. The number of furan rings is 1. The second-order valence-corrected chi connectivity index (χ2v) is 5.40. The van der Waals surface area contributed by atoms with Crippen LogP contribution in [0.5, 0.6) is 0 Å². The maximum absolute atomic E-state index is 12.3. The minimum Gasteiger partial charge on any atom is -0.467 e. The van der Waals surface area contributed by atoms with Crippen LogP contribution in [0, 0.1) is 5.92 Å². The molecule has 1 aliphatic rings. The van der Waals surface area contributed by atoms with Gasteiger partial charge in [-0.1, -0.05) is 23.7 Å². The summed E-state index contributed by atoms with van der Waals surface area (Å²) in [5.41, 5.74) is 7.16. The first-order chi connectivity index (χ1) is 10.2. The van der Waals surface area contributed by atoms with E-state index >= 15 is 0 Å². The molecule has 1 aliphatic heterocycles. The number of carbonyl (C=O) groups is 1. The van der Waals surface area contributed by atoms with E-state index < -0.39 is 0 Å². The zero-order valence-corrected chi connectivity index (χ0v) is 12.1. The molecule has 1 fully saturated rings. The Morgan fingerprint density at radius 3 is 3.05 bits per heavy atom. The van der Waals surface area contributed by atoms with Gasteiger partial charge in [0, 0.05) is 11.6 Å². The van der Waals surface area contributed by atoms with Crippen molar-refractivity contribution in [1.82, 2.24) is 16.2 Å². The predicted molar refractivity (Wildman–Crippen MR) is 79.4 cm³/mol. The first-order valence-corrected chi connectivity index (χ1v) is 7.16. The maximum atomic E-state index is 12.3. The van der Waals surface area contributed by atoms with Gasteiger partial charge in [-0.05, 0) is 29.8 Å². The van der Waals surface area contributed by atoms with Gasteiger partial charge in [-0.15, -0.1) is 0 Å². The van der Waals surface area contributed by atoms with Gasteiger partial charge in [0.1, 0.15) is 5.76 Å². The van der Waals surface area contributed by atoms with Crippen LogP contribution in [-0.2, 0) is 11.3 Å². The molecule has 5 nitrogen and oxygen atoms in total. The molecule has 0 aliphatic carbocycles. The lowest BCUT2D eigenvalue weighted by atomic mass is 9.94. The van der Waals surface area contributed by atoms with Crippen molar-refractivity contribution < 1.29 is 9.21 Å². The Morgan fingerprint density at radius 2 is 2.29 bits per heavy atom. The number of carbonyl (C=O) groups excluding carboxylic acids is 1. The van der Waals surface area contributed by atoms with E-state index in [9.17, 15) is 4.79 Å². The molecule has 1 aromatic carbocycles. The summed E-state index contributed by atoms with van der Waals surface area (Å²) in [7, 11) is 0. The zero-order chi connectivity index (χ0) is 14.7. The van der Waals surface area contributed by atoms with Gasteiger partial charge in [0.15, 0.2) is 0 Å². The van der Waals surface area contributed by atoms with Gasteiger partial charge < -0.3 is 9.73 Å². The Kier molecular flexibility index (Phi) is 4.24. The van der Waals surface area contributed by atoms with E-state index in [4.69, 9.17) is 16.0 Å². The summed E-state index contributed by atoms with van der Waals surface area (Å²) < 4.78 is 5.21. The summed E-state index contributed by atoms with van der Waals surface area (Å²) in [4.78, 5) is 12.3. The molecule has 2 atom stereocenters. The third kappa shape index (κ3) is 3.26. The smallest absolute Gasteiger partial charge is 0.226 e. The van der Waals surface area contributed by atoms with Crippen LogP contribution < -0.4 is 16.2 Å². The Morgan fingerprint density at radius 1 is 1.38 bits per heavy atom. The van der Waals surface area contributed by atoms with Crippen LogP contribution in [0.25, 0.3) is 0 Å². The normalized spacial score (nSPS) is 21.4. The molecule has 1 amide bonds. The topological polar surface area (TPSA) is 66.3 Å². The number of amides is 1. The van der Waals surface area contributed by atoms with Crippen LogP contribution in [0.1, 0.15) is 17.4 Å². The summed E-state index contributed by atoms with van der Waals surface area (Å²) in [6.07, 6.45) is 1.59. The third-order valence-electron chi connectivity index (χ3n) is 3.54. The number of hydrazine groups is 1. The monoisotopic (exact) mass is 305 g/mol. The predicted octanol–water partition coefficient (Wildman–Crippen LogP) is 2.01. The first-order valence-electron chi connectivity index (χ1n) is 6.78. The largest absolute Gasteiger partial charge is 0.467 e. The Labute approximate surface area is 127 Å². The molecule has 0 saturated carbocycles. The summed E-state index contributed by atoms with van der Waals surface area (Å²) in [6, 6.07) is 11.1. The van der Waals surface area contributed by atoms with Gasteiger partial charge in [0.2, 0.25) is 5.91 Å². The molecule has 1 saturated heterocycles. The number of hydrogen-bond acceptors (Lipinski definition) is 4. The summed E-state index contributed by atoms with van der Waals surface area (Å²) >= 11 is 6.02. The van der Waals surface area contributed by atoms with Crippen molar-refractivity contribution in [1.29, 1.82) is 0 Å². The van der Waals surface area contributed by atoms with Gasteiger partial charge in [-0.2, -0.15) is 0 Å². The molecule has 2 aromatic rings. The van der Waals surface area contributed by atoms with Crippen molar-refractivity contribution in [3.05, 3.63) is 59.0 Å². The Balaban J connectivity index is 1.67. The lowest BCUT2D eigenvalue weighted by molar-refractivity contribution is -0.125. The fourth-order valence-corrected chi connectivity index (χ4v) is 2.67. The van der Waals surface area contributed by atoms with E-state index in [1.54, 1.807) is 12.3 Å². The van der Waals surface area contributed by atoms with Crippen LogP contribution in [0.15, 0.2) is 47.1 Å². The van der Waals surface area contributed by atoms with E-state index in [0.717, 1.165) is 11.3 Å². The Hall–Kier alpha value is -1.82. The molecule has 21 heavy (non-hydrogen) atoms. The van der Waals surface area contributed by atoms with E-state index in [1.165, 1.54) is 0 Å². The SMILES string of the molecule is O=C(NCc1ccco1)C1CNNC1c1cccc(Cl)c1. The number of halogens is 1. The van der Waals surface area contributed by atoms with Gasteiger partial charge in [-0.3, -0.25) is 10.2 Å². The maximum Gasteiger partial charge on any atom is 0.226 e. The lowest BCUT2D eigenvalue weighted by Gasteiger charge is -2.18. The van der Waals surface area contributed by atoms with Crippen molar-refractivity contribution >= 4 is 17.5 Å². The molecule has 1 aromatic heterocycles. The average molecular weight is 306 g/mol. The van der Waals surface area contributed by atoms with Crippen LogP contribution >= 0.6 is 11.6 Å². The minimum atomic E-state index is -0.196. The molecular formula is C15H16ClN3O2. The molecule has 0 bridgehead atoms. The highest BCUT2D eigenvalue weighted by atomic mass is 35.5. The molecule has 0 spiro atoms. The highest BCUT2D eigenvalue weighted by Crippen LogP contribution is 2.26. The fourth-order valence-electron chi connectivity index (χ4n) is 2.48. The van der Waals surface area contributed by atoms with E-state index in [0.29, 0.717) is 18.1 Å². The molecule has 6 heteroatoms. The van der Waals surface area contributed by atoms with E-state index in [1.807, 2.05) is 30.3 Å². The van der Waals surface area contributed by atoms with E-state index in [2.05, 4.69) is 16.2 Å². The van der Waals surface area contributed by atoms with Crippen LogP contribution in [0.2, 0.25) is 5.02 Å². The standard InChI is InChI=1S/C15H16ClN3O2/c16-11-4-1-3-10(7-11)14-13(9-18-19-14)15(20)17-8-12-5-2-6-21-12/h1-7,13-14,18-19H,8-9H2,(H,17,20). The third-order valence-corrected chi connectivity index (χ3v) is 3.78. The second-order valence-electron chi connectivity index (χ2n) is 4.96. The zero-order valence-electron chi connectivity index (χ0n) is 11.3. The lowest BCUT2D eigenvalue weighted by Crippen LogP contribution is -2.34. The van der Waals surface area contributed by atoms with Crippen LogP contribution in [0.3, 0.4) is 0 Å². The summed E-state index contributed by atoms with van der Waals surface area (Å²) in [5.74, 6) is 0.522. The number of benzene rings is 1. The second kappa shape index (κ2) is 6.30. The molecule has 110 valence electrons. The number of hydrogen-bond donors (Lipinski definition) is 3. The molecule has 3 N–H and O–H groups in total. The van der Waals surface area contributed by atoms with Crippen LogP contribution in [0.4, 0.5) is 0 Å². The van der Waals surface area contributed by atoms with Crippen molar-refractivity contribution in [2.24, 2.45) is 5.92 Å².